The molecule has 6 heteroatoms. The van der Waals surface area contributed by atoms with E-state index >= 15 is 0 Å². The molecule has 0 unspecified atom stereocenters. The van der Waals surface area contributed by atoms with Crippen LogP contribution < -0.4 is 5.32 Å². The highest BCUT2D eigenvalue weighted by molar-refractivity contribution is 5.68. The number of nitrogens with zero attached hydrogens (tertiary/aromatic N) is 1. The lowest BCUT2D eigenvalue weighted by Gasteiger charge is -2.33. The molecule has 1 fully saturated rings. The molecule has 0 bridgehead atoms. The Kier molecular flexibility index (Phi) is 8.00. The molecule has 1 aliphatic rings. The van der Waals surface area contributed by atoms with E-state index in [0.717, 1.165) is 32.5 Å². The van der Waals surface area contributed by atoms with Crippen molar-refractivity contribution in [2.75, 3.05) is 39.5 Å². The quantitative estimate of drug-likeness (QED) is 0.695. The van der Waals surface area contributed by atoms with E-state index in [0.29, 0.717) is 25.7 Å². The van der Waals surface area contributed by atoms with Crippen LogP contribution in [0.1, 0.15) is 40.0 Å². The summed E-state index contributed by atoms with van der Waals surface area (Å²) >= 11 is 0. The molecule has 2 N–H and O–H groups in total. The maximum Gasteiger partial charge on any atom is 0.410 e. The van der Waals surface area contributed by atoms with E-state index in [4.69, 9.17) is 14.6 Å². The van der Waals surface area contributed by atoms with E-state index in [1.165, 1.54) is 0 Å². The molecule has 124 valence electrons. The molecule has 0 aromatic carbocycles. The highest BCUT2D eigenvalue weighted by Crippen LogP contribution is 2.15. The van der Waals surface area contributed by atoms with Crippen LogP contribution in [0, 0.1) is 0 Å². The van der Waals surface area contributed by atoms with E-state index in [9.17, 15) is 4.79 Å². The minimum absolute atomic E-state index is 0.177. The Morgan fingerprint density at radius 1 is 1.29 bits per heavy atom. The fraction of sp³-hybridized carbons (Fsp3) is 0.933. The van der Waals surface area contributed by atoms with Crippen molar-refractivity contribution < 1.29 is 19.4 Å². The Morgan fingerprint density at radius 2 is 1.95 bits per heavy atom. The molecular formula is C15H30N2O4. The smallest absolute Gasteiger partial charge is 0.410 e. The van der Waals surface area contributed by atoms with Crippen LogP contribution in [0.2, 0.25) is 0 Å². The van der Waals surface area contributed by atoms with Crippen molar-refractivity contribution in [1.82, 2.24) is 10.2 Å². The van der Waals surface area contributed by atoms with Crippen LogP contribution in [0.4, 0.5) is 4.79 Å². The second-order valence-corrected chi connectivity index (χ2v) is 6.39. The highest BCUT2D eigenvalue weighted by atomic mass is 16.6. The topological polar surface area (TPSA) is 71.0 Å². The van der Waals surface area contributed by atoms with Crippen molar-refractivity contribution in [3.05, 3.63) is 0 Å². The lowest BCUT2D eigenvalue weighted by molar-refractivity contribution is 0.0195. The second kappa shape index (κ2) is 9.23. The fourth-order valence-electron chi connectivity index (χ4n) is 2.20. The number of ether oxygens (including phenoxy) is 2. The molecule has 1 aliphatic heterocycles. The van der Waals surface area contributed by atoms with Crippen molar-refractivity contribution >= 4 is 6.09 Å². The van der Waals surface area contributed by atoms with Crippen molar-refractivity contribution in [3.8, 4) is 0 Å². The zero-order chi connectivity index (χ0) is 15.7. The molecule has 1 heterocycles. The number of nitrogens with one attached hydrogen (secondary N) is 1. The van der Waals surface area contributed by atoms with Gasteiger partial charge in [-0.3, -0.25) is 0 Å². The molecule has 0 aliphatic carbocycles. The van der Waals surface area contributed by atoms with Crippen molar-refractivity contribution in [2.24, 2.45) is 0 Å². The highest BCUT2D eigenvalue weighted by Gasteiger charge is 2.26. The van der Waals surface area contributed by atoms with Crippen LogP contribution in [-0.4, -0.2) is 67.2 Å². The number of carbonyl (C=O) groups excluding carboxylic acids is 1. The first kappa shape index (κ1) is 18.2. The third-order valence-electron chi connectivity index (χ3n) is 3.27. The third kappa shape index (κ3) is 8.24. The first-order valence-electron chi connectivity index (χ1n) is 7.82. The summed E-state index contributed by atoms with van der Waals surface area (Å²) in [6.07, 6.45) is 2.35. The zero-order valence-electron chi connectivity index (χ0n) is 13.6. The van der Waals surface area contributed by atoms with E-state index in [2.05, 4.69) is 5.32 Å². The van der Waals surface area contributed by atoms with Gasteiger partial charge in [-0.25, -0.2) is 4.79 Å². The minimum Gasteiger partial charge on any atom is -0.444 e. The van der Waals surface area contributed by atoms with Gasteiger partial charge in [-0.15, -0.1) is 0 Å². The van der Waals surface area contributed by atoms with Crippen LogP contribution in [0.3, 0.4) is 0 Å². The lowest BCUT2D eigenvalue weighted by Crippen LogP contribution is -2.47. The number of likely N-dealkylation sites (tertiary alicyclic amines) is 1. The summed E-state index contributed by atoms with van der Waals surface area (Å²) in [5, 5.41) is 12.1. The van der Waals surface area contributed by atoms with Crippen LogP contribution in [-0.2, 0) is 9.47 Å². The normalized spacial score (nSPS) is 17.0. The number of carbonyl (C=O) groups is 1. The number of aliphatic hydroxyl groups is 1. The van der Waals surface area contributed by atoms with Crippen LogP contribution in [0.5, 0.6) is 0 Å². The summed E-state index contributed by atoms with van der Waals surface area (Å²) in [5.41, 5.74) is -0.432. The van der Waals surface area contributed by atoms with Gasteiger partial charge in [0.05, 0.1) is 6.61 Å². The molecule has 1 amide bonds. The second-order valence-electron chi connectivity index (χ2n) is 6.39. The number of hydrogen-bond donors (Lipinski definition) is 2. The summed E-state index contributed by atoms with van der Waals surface area (Å²) in [6.45, 7) is 9.37. The van der Waals surface area contributed by atoms with Gasteiger partial charge >= 0.3 is 6.09 Å². The predicted molar refractivity (Wildman–Crippen MR) is 81.4 cm³/mol. The van der Waals surface area contributed by atoms with Crippen LogP contribution in [0.25, 0.3) is 0 Å². The third-order valence-corrected chi connectivity index (χ3v) is 3.27. The Bertz CT molecular complexity index is 297. The first-order chi connectivity index (χ1) is 9.92. The van der Waals surface area contributed by atoms with Gasteiger partial charge in [-0.1, -0.05) is 0 Å². The maximum atomic E-state index is 11.9. The van der Waals surface area contributed by atoms with E-state index < -0.39 is 5.60 Å². The standard InChI is InChI=1S/C15H30N2O4/c1-15(2,3)21-14(19)17-8-5-13(6-9-17)16-7-12-20-11-4-10-18/h13,16,18H,4-12H2,1-3H3. The van der Waals surface area contributed by atoms with Crippen molar-refractivity contribution in [1.29, 1.82) is 0 Å². The van der Waals surface area contributed by atoms with Gasteiger partial charge in [0.2, 0.25) is 0 Å². The summed E-state index contributed by atoms with van der Waals surface area (Å²) in [4.78, 5) is 13.7. The predicted octanol–water partition coefficient (Wildman–Crippen LogP) is 1.37. The van der Waals surface area contributed by atoms with E-state index in [1.807, 2.05) is 20.8 Å². The molecule has 0 aromatic rings. The summed E-state index contributed by atoms with van der Waals surface area (Å²) in [5.74, 6) is 0. The zero-order valence-corrected chi connectivity index (χ0v) is 13.6. The van der Waals surface area contributed by atoms with Gasteiger partial charge in [0.15, 0.2) is 0 Å². The lowest BCUT2D eigenvalue weighted by atomic mass is 10.1. The molecule has 1 rings (SSSR count). The van der Waals surface area contributed by atoms with Crippen LogP contribution >= 0.6 is 0 Å². The Labute approximate surface area is 127 Å². The summed E-state index contributed by atoms with van der Waals surface area (Å²) < 4.78 is 10.7. The molecule has 0 radical (unpaired) electrons. The van der Waals surface area contributed by atoms with Crippen molar-refractivity contribution in [3.63, 3.8) is 0 Å². The molecule has 0 saturated carbocycles. The number of hydrogen-bond acceptors (Lipinski definition) is 5. The molecule has 0 spiro atoms. The number of amides is 1. The molecular weight excluding hydrogens is 272 g/mol. The van der Waals surface area contributed by atoms with E-state index in [1.54, 1.807) is 4.90 Å². The average molecular weight is 302 g/mol. The van der Waals surface area contributed by atoms with Crippen molar-refractivity contribution in [2.45, 2.75) is 51.7 Å². The number of aliphatic hydroxyl groups excluding tert-OH is 1. The summed E-state index contributed by atoms with van der Waals surface area (Å²) in [7, 11) is 0. The van der Waals surface area contributed by atoms with Gasteiger partial charge in [0.25, 0.3) is 0 Å². The number of rotatable bonds is 7. The van der Waals surface area contributed by atoms with Gasteiger partial charge in [-0.2, -0.15) is 0 Å². The molecule has 1 saturated heterocycles. The fourth-order valence-corrected chi connectivity index (χ4v) is 2.20. The van der Waals surface area contributed by atoms with Crippen LogP contribution in [0.15, 0.2) is 0 Å². The molecule has 6 nitrogen and oxygen atoms in total. The first-order valence-corrected chi connectivity index (χ1v) is 7.82. The SMILES string of the molecule is CC(C)(C)OC(=O)N1CCC(NCCOCCCO)CC1. The van der Waals surface area contributed by atoms with Gasteiger partial charge in [-0.05, 0) is 40.0 Å². The summed E-state index contributed by atoms with van der Waals surface area (Å²) in [6, 6.07) is 0.435. The number of piperidine rings is 1. The maximum absolute atomic E-state index is 11.9. The Hall–Kier alpha value is -0.850. The van der Waals surface area contributed by atoms with E-state index in [-0.39, 0.29) is 12.7 Å². The average Bonchev–Trinajstić information content (AvgIpc) is 2.41. The Balaban J connectivity index is 2.10. The monoisotopic (exact) mass is 302 g/mol. The Morgan fingerprint density at radius 3 is 2.52 bits per heavy atom. The largest absolute Gasteiger partial charge is 0.444 e. The van der Waals surface area contributed by atoms with Gasteiger partial charge < -0.3 is 24.8 Å². The minimum atomic E-state index is -0.432. The van der Waals surface area contributed by atoms with Gasteiger partial charge in [0, 0.05) is 38.9 Å². The molecule has 0 aromatic heterocycles. The van der Waals surface area contributed by atoms with Gasteiger partial charge in [0.1, 0.15) is 5.60 Å². The molecule has 21 heavy (non-hydrogen) atoms. The molecule has 0 atom stereocenters.